The zero-order chi connectivity index (χ0) is 3.58. The molecule has 0 fully saturated rings. The summed E-state index contributed by atoms with van der Waals surface area (Å²) in [5.74, 6) is 0. The van der Waals surface area contributed by atoms with Crippen LogP contribution in [0.1, 0.15) is 0 Å². The van der Waals surface area contributed by atoms with Gasteiger partial charge in [0, 0.05) is 20.4 Å². The van der Waals surface area contributed by atoms with Crippen LogP contribution in [-0.4, -0.2) is 0 Å². The monoisotopic (exact) mass is 257 g/mol. The van der Waals surface area contributed by atoms with Crippen LogP contribution in [-0.2, 0) is 46.9 Å². The Labute approximate surface area is 47.1 Å². The maximum atomic E-state index is 8.55. The third-order valence-electron chi connectivity index (χ3n) is 0. The van der Waals surface area contributed by atoms with Crippen LogP contribution in [0.25, 0.3) is 0 Å². The van der Waals surface area contributed by atoms with Gasteiger partial charge in [0.2, 0.25) is 0 Å². The molecule has 0 radical (unpaired) electrons. The van der Waals surface area contributed by atoms with Gasteiger partial charge in [0.05, 0.1) is 0 Å². The molecule has 0 aliphatic rings. The zero-order valence-electron chi connectivity index (χ0n) is 1.87. The van der Waals surface area contributed by atoms with Crippen molar-refractivity contribution in [2.24, 2.45) is 0 Å². The van der Waals surface area contributed by atoms with E-state index in [2.05, 4.69) is 0 Å². The molecule has 0 amide bonds. The van der Waals surface area contributed by atoms with Crippen molar-refractivity contribution < 1.29 is 46.9 Å². The van der Waals surface area contributed by atoms with Crippen molar-refractivity contribution in [2.45, 2.75) is 0 Å². The predicted octanol–water partition coefficient (Wildman–Crippen LogP) is -0.361. The van der Waals surface area contributed by atoms with Crippen LogP contribution in [0.5, 0.6) is 0 Å². The smallest absolute Gasteiger partial charge is 0 e. The zero-order valence-corrected chi connectivity index (χ0v) is 5.07. The van der Waals surface area contributed by atoms with Crippen LogP contribution in [0, 0.1) is 0 Å². The molecule has 0 rings (SSSR count). The molecule has 0 spiro atoms. The second-order valence-corrected chi connectivity index (χ2v) is 0.986. The van der Waals surface area contributed by atoms with E-state index in [4.69, 9.17) is 10.7 Å². The fraction of sp³-hybridized carbons (Fsp3) is 0. The fourth-order valence-corrected chi connectivity index (χ4v) is 0. The van der Waals surface area contributed by atoms with E-state index >= 15 is 0 Å². The summed E-state index contributed by atoms with van der Waals surface area (Å²) >= 11 is -3.83. The molecule has 0 unspecified atom stereocenters. The third kappa shape index (κ3) is 71.9. The van der Waals surface area contributed by atoms with Crippen molar-refractivity contribution in [2.75, 3.05) is 0 Å². The van der Waals surface area contributed by atoms with Gasteiger partial charge in [0.1, 0.15) is 0 Å². The Bertz CT molecular complexity index is 76.3. The molecule has 0 aromatic rings. The van der Waals surface area contributed by atoms with Gasteiger partial charge >= 0.3 is 26.5 Å². The Balaban J connectivity index is 0. The summed E-state index contributed by atoms with van der Waals surface area (Å²) in [5, 5.41) is 0. The van der Waals surface area contributed by atoms with Gasteiger partial charge in [-0.3, -0.25) is 0 Å². The molecule has 0 aliphatic heterocycles. The molecular weight excluding hydrogens is 257 g/mol. The Kier molecular flexibility index (Phi) is 8.61. The summed E-state index contributed by atoms with van der Waals surface area (Å²) in [6, 6.07) is 0. The Morgan fingerprint density at radius 2 is 1.00 bits per heavy atom. The van der Waals surface area contributed by atoms with Gasteiger partial charge in [-0.05, 0) is 0 Å². The molecule has 37 valence electrons. The molecule has 0 saturated heterocycles. The molecule has 3 nitrogen and oxygen atoms in total. The maximum Gasteiger partial charge on any atom is 0 e. The molecule has 0 aromatic carbocycles. The Morgan fingerprint density at radius 3 is 1.00 bits per heavy atom. The standard InChI is InChI=1S/3O.Pd.Rh. The van der Waals surface area contributed by atoms with Gasteiger partial charge in [-0.15, -0.1) is 0 Å². The maximum absolute atomic E-state index is 8.55. The van der Waals surface area contributed by atoms with E-state index in [1.165, 1.54) is 0 Å². The topological polar surface area (TPSA) is 51.2 Å². The van der Waals surface area contributed by atoms with Crippen molar-refractivity contribution in [3.05, 3.63) is 0 Å². The van der Waals surface area contributed by atoms with Gasteiger partial charge in [-0.2, -0.15) is 0 Å². The summed E-state index contributed by atoms with van der Waals surface area (Å²) in [4.78, 5) is 0. The molecule has 0 aromatic heterocycles. The van der Waals surface area contributed by atoms with Crippen molar-refractivity contribution >= 4 is 0 Å². The first-order chi connectivity index (χ1) is 1.73. The van der Waals surface area contributed by atoms with Crippen LogP contribution in [0.15, 0.2) is 0 Å². The van der Waals surface area contributed by atoms with Gasteiger partial charge in [0.25, 0.3) is 0 Å². The van der Waals surface area contributed by atoms with E-state index in [-0.39, 0.29) is 20.4 Å². The van der Waals surface area contributed by atoms with Crippen LogP contribution in [0.2, 0.25) is 0 Å². The molecule has 0 saturated carbocycles. The van der Waals surface area contributed by atoms with Gasteiger partial charge in [0.15, 0.2) is 0 Å². The predicted molar refractivity (Wildman–Crippen MR) is 2.06 cm³/mol. The number of hydrogen-bond donors (Lipinski definition) is 0. The fourth-order valence-electron chi connectivity index (χ4n) is 0. The van der Waals surface area contributed by atoms with E-state index in [1.807, 2.05) is 0 Å². The summed E-state index contributed by atoms with van der Waals surface area (Å²) < 4.78 is 25.6. The van der Waals surface area contributed by atoms with Gasteiger partial charge < -0.3 is 0 Å². The van der Waals surface area contributed by atoms with Crippen molar-refractivity contribution in [3.8, 4) is 0 Å². The van der Waals surface area contributed by atoms with Crippen molar-refractivity contribution in [3.63, 3.8) is 0 Å². The summed E-state index contributed by atoms with van der Waals surface area (Å²) in [7, 11) is 0. The van der Waals surface area contributed by atoms with E-state index in [9.17, 15) is 0 Å². The van der Waals surface area contributed by atoms with Crippen LogP contribution >= 0.6 is 0 Å². The largest absolute Gasteiger partial charge is 0 e. The van der Waals surface area contributed by atoms with E-state index in [0.717, 1.165) is 0 Å². The average Bonchev–Trinajstić information content (AvgIpc) is 0.811. The first-order valence-corrected chi connectivity index (χ1v) is 2.42. The van der Waals surface area contributed by atoms with E-state index < -0.39 is 15.8 Å². The van der Waals surface area contributed by atoms with Gasteiger partial charge in [-0.25, -0.2) is 0 Å². The molecule has 5 heteroatoms. The molecule has 0 heterocycles. The SMILES string of the molecule is [O]=[Rh](=[O])=[O].[Pd]. The number of rotatable bonds is 0. The molecular formula is O3PdRh. The van der Waals surface area contributed by atoms with E-state index in [1.54, 1.807) is 0 Å². The molecule has 0 bridgehead atoms. The minimum atomic E-state index is -3.83. The molecule has 0 aliphatic carbocycles. The minimum absolute atomic E-state index is 0. The molecule has 0 N–H and O–H groups in total. The van der Waals surface area contributed by atoms with Crippen LogP contribution < -0.4 is 0 Å². The van der Waals surface area contributed by atoms with Crippen LogP contribution in [0.3, 0.4) is 0 Å². The van der Waals surface area contributed by atoms with E-state index in [0.29, 0.717) is 0 Å². The number of hydrogen-bond acceptors (Lipinski definition) is 3. The molecule has 0 atom stereocenters. The quantitative estimate of drug-likeness (QED) is 0.557. The van der Waals surface area contributed by atoms with Crippen LogP contribution in [0.4, 0.5) is 0 Å². The summed E-state index contributed by atoms with van der Waals surface area (Å²) in [6.45, 7) is 0. The Hall–Kier alpha value is 0.686. The van der Waals surface area contributed by atoms with Gasteiger partial charge in [-0.1, -0.05) is 0 Å². The third-order valence-corrected chi connectivity index (χ3v) is 0. The second-order valence-electron chi connectivity index (χ2n) is 0.167. The normalized spacial score (nSPS) is 6.60. The van der Waals surface area contributed by atoms with Crippen molar-refractivity contribution in [1.29, 1.82) is 0 Å². The second kappa shape index (κ2) is 4.69. The molecule has 5 heavy (non-hydrogen) atoms. The Morgan fingerprint density at radius 1 is 1.00 bits per heavy atom. The van der Waals surface area contributed by atoms with Crippen molar-refractivity contribution in [1.82, 2.24) is 0 Å². The summed E-state index contributed by atoms with van der Waals surface area (Å²) in [5.41, 5.74) is 0. The first kappa shape index (κ1) is 9.19. The minimum Gasteiger partial charge on any atom is 0 e. The average molecular weight is 257 g/mol. The first-order valence-electron chi connectivity index (χ1n) is 0.408. The summed E-state index contributed by atoms with van der Waals surface area (Å²) in [6.07, 6.45) is 0.